The first-order valence-electron chi connectivity index (χ1n) is 6.94. The molecule has 2 amide bonds. The summed E-state index contributed by atoms with van der Waals surface area (Å²) >= 11 is 0. The Kier molecular flexibility index (Phi) is 7.01. The van der Waals surface area contributed by atoms with Crippen LogP contribution in [-0.4, -0.2) is 32.0 Å². The number of rotatable bonds is 7. The van der Waals surface area contributed by atoms with Gasteiger partial charge in [-0.2, -0.15) is 0 Å². The van der Waals surface area contributed by atoms with E-state index in [-0.39, 0.29) is 18.4 Å². The summed E-state index contributed by atoms with van der Waals surface area (Å²) in [5.41, 5.74) is 1.90. The second-order valence-corrected chi connectivity index (χ2v) is 4.65. The van der Waals surface area contributed by atoms with Crippen molar-refractivity contribution in [3.8, 4) is 5.75 Å². The molecule has 5 heteroatoms. The summed E-state index contributed by atoms with van der Waals surface area (Å²) in [5.74, 6) is 0.197. The maximum absolute atomic E-state index is 11.7. The molecule has 1 aromatic rings. The van der Waals surface area contributed by atoms with Gasteiger partial charge in [0.15, 0.2) is 0 Å². The molecule has 1 rings (SSSR count). The number of hydrogen-bond acceptors (Lipinski definition) is 3. The molecular weight excluding hydrogens is 268 g/mol. The normalized spacial score (nSPS) is 10.4. The number of amides is 2. The van der Waals surface area contributed by atoms with Crippen LogP contribution < -0.4 is 15.4 Å². The van der Waals surface area contributed by atoms with Gasteiger partial charge < -0.3 is 15.4 Å². The molecule has 0 fully saturated rings. The van der Waals surface area contributed by atoms with E-state index in [9.17, 15) is 9.59 Å². The fourth-order valence-electron chi connectivity index (χ4n) is 1.70. The van der Waals surface area contributed by atoms with Crippen LogP contribution in [0, 0.1) is 6.92 Å². The number of carbonyl (C=O) groups excluding carboxylic acids is 2. The second kappa shape index (κ2) is 8.79. The first-order chi connectivity index (χ1) is 10.1. The molecule has 114 valence electrons. The van der Waals surface area contributed by atoms with Crippen LogP contribution in [0.4, 0.5) is 0 Å². The standard InChI is InChI=1S/C16H22N2O3/c1-4-9-17-16(20)11-18-15(19)8-6-13-10-12(2)5-7-14(13)21-3/h5-8,10H,4,9,11H2,1-3H3,(H,17,20)(H,18,19)/b8-6+. The monoisotopic (exact) mass is 290 g/mol. The highest BCUT2D eigenvalue weighted by Gasteiger charge is 2.03. The number of nitrogens with one attached hydrogen (secondary N) is 2. The molecular formula is C16H22N2O3. The summed E-state index contributed by atoms with van der Waals surface area (Å²) in [6.45, 7) is 4.53. The third kappa shape index (κ3) is 6.12. The van der Waals surface area contributed by atoms with E-state index in [2.05, 4.69) is 10.6 Å². The molecule has 2 N–H and O–H groups in total. The van der Waals surface area contributed by atoms with Gasteiger partial charge in [0.05, 0.1) is 13.7 Å². The van der Waals surface area contributed by atoms with Gasteiger partial charge in [-0.05, 0) is 31.6 Å². The van der Waals surface area contributed by atoms with Gasteiger partial charge in [-0.15, -0.1) is 0 Å². The Morgan fingerprint density at radius 3 is 2.71 bits per heavy atom. The lowest BCUT2D eigenvalue weighted by Gasteiger charge is -2.06. The van der Waals surface area contributed by atoms with Crippen LogP contribution in [0.2, 0.25) is 0 Å². The van der Waals surface area contributed by atoms with Crippen molar-refractivity contribution in [1.82, 2.24) is 10.6 Å². The summed E-state index contributed by atoms with van der Waals surface area (Å²) in [6.07, 6.45) is 3.93. The Balaban J connectivity index is 2.54. The number of hydrogen-bond donors (Lipinski definition) is 2. The predicted molar refractivity (Wildman–Crippen MR) is 83.1 cm³/mol. The topological polar surface area (TPSA) is 67.4 Å². The van der Waals surface area contributed by atoms with Gasteiger partial charge >= 0.3 is 0 Å². The van der Waals surface area contributed by atoms with Gasteiger partial charge in [-0.1, -0.05) is 18.6 Å². The van der Waals surface area contributed by atoms with Gasteiger partial charge in [-0.25, -0.2) is 0 Å². The highest BCUT2D eigenvalue weighted by atomic mass is 16.5. The van der Waals surface area contributed by atoms with E-state index in [1.807, 2.05) is 32.0 Å². The summed E-state index contributed by atoms with van der Waals surface area (Å²) in [4.78, 5) is 23.0. The largest absolute Gasteiger partial charge is 0.496 e. The van der Waals surface area contributed by atoms with Crippen molar-refractivity contribution in [1.29, 1.82) is 0 Å². The third-order valence-electron chi connectivity index (χ3n) is 2.79. The average Bonchev–Trinajstić information content (AvgIpc) is 2.48. The van der Waals surface area contributed by atoms with Crippen LogP contribution in [0.3, 0.4) is 0 Å². The number of aryl methyl sites for hydroxylation is 1. The Labute approximate surface area is 125 Å². The first kappa shape index (κ1) is 16.8. The van der Waals surface area contributed by atoms with Gasteiger partial charge in [0, 0.05) is 18.2 Å². The zero-order valence-electron chi connectivity index (χ0n) is 12.7. The molecule has 0 saturated heterocycles. The van der Waals surface area contributed by atoms with Crippen molar-refractivity contribution < 1.29 is 14.3 Å². The van der Waals surface area contributed by atoms with Crippen LogP contribution in [0.1, 0.15) is 24.5 Å². The highest BCUT2D eigenvalue weighted by molar-refractivity contribution is 5.94. The van der Waals surface area contributed by atoms with Crippen molar-refractivity contribution in [2.45, 2.75) is 20.3 Å². The van der Waals surface area contributed by atoms with E-state index < -0.39 is 0 Å². The smallest absolute Gasteiger partial charge is 0.244 e. The van der Waals surface area contributed by atoms with E-state index in [1.54, 1.807) is 13.2 Å². The molecule has 0 saturated carbocycles. The van der Waals surface area contributed by atoms with Gasteiger partial charge in [0.2, 0.25) is 11.8 Å². The van der Waals surface area contributed by atoms with Crippen molar-refractivity contribution >= 4 is 17.9 Å². The molecule has 0 aliphatic heterocycles. The van der Waals surface area contributed by atoms with Crippen LogP contribution >= 0.6 is 0 Å². The first-order valence-corrected chi connectivity index (χ1v) is 6.94. The number of benzene rings is 1. The van der Waals surface area contributed by atoms with Crippen LogP contribution in [0.5, 0.6) is 5.75 Å². The zero-order valence-corrected chi connectivity index (χ0v) is 12.7. The van der Waals surface area contributed by atoms with Crippen molar-refractivity contribution in [2.75, 3.05) is 20.2 Å². The molecule has 0 heterocycles. The molecule has 0 spiro atoms. The molecule has 0 bridgehead atoms. The van der Waals surface area contributed by atoms with Crippen LogP contribution in [0.15, 0.2) is 24.3 Å². The molecule has 0 aliphatic rings. The summed E-state index contributed by atoms with van der Waals surface area (Å²) in [6, 6.07) is 5.72. The third-order valence-corrected chi connectivity index (χ3v) is 2.79. The Morgan fingerprint density at radius 2 is 2.05 bits per heavy atom. The van der Waals surface area contributed by atoms with Crippen molar-refractivity contribution in [2.24, 2.45) is 0 Å². The van der Waals surface area contributed by atoms with Crippen LogP contribution in [0.25, 0.3) is 6.08 Å². The van der Waals surface area contributed by atoms with E-state index in [4.69, 9.17) is 4.74 Å². The highest BCUT2D eigenvalue weighted by Crippen LogP contribution is 2.20. The van der Waals surface area contributed by atoms with Gasteiger partial charge in [-0.3, -0.25) is 9.59 Å². The maximum Gasteiger partial charge on any atom is 0.244 e. The molecule has 5 nitrogen and oxygen atoms in total. The van der Waals surface area contributed by atoms with E-state index in [0.717, 1.165) is 17.5 Å². The van der Waals surface area contributed by atoms with E-state index in [0.29, 0.717) is 12.3 Å². The minimum Gasteiger partial charge on any atom is -0.496 e. The zero-order chi connectivity index (χ0) is 15.7. The molecule has 0 unspecified atom stereocenters. The molecule has 1 aromatic carbocycles. The lowest BCUT2D eigenvalue weighted by molar-refractivity contribution is -0.123. The Hall–Kier alpha value is -2.30. The number of methoxy groups -OCH3 is 1. The minimum atomic E-state index is -0.315. The quantitative estimate of drug-likeness (QED) is 0.750. The Bertz CT molecular complexity index is 524. The van der Waals surface area contributed by atoms with Crippen molar-refractivity contribution in [3.05, 3.63) is 35.4 Å². The molecule has 0 radical (unpaired) electrons. The van der Waals surface area contributed by atoms with Gasteiger partial charge in [0.1, 0.15) is 5.75 Å². The average molecular weight is 290 g/mol. The fraction of sp³-hybridized carbons (Fsp3) is 0.375. The summed E-state index contributed by atoms with van der Waals surface area (Å²) in [5, 5.41) is 5.22. The molecule has 0 atom stereocenters. The minimum absolute atomic E-state index is 0.0197. The predicted octanol–water partition coefficient (Wildman–Crippen LogP) is 1.66. The van der Waals surface area contributed by atoms with Crippen LogP contribution in [-0.2, 0) is 9.59 Å². The molecule has 0 aliphatic carbocycles. The second-order valence-electron chi connectivity index (χ2n) is 4.65. The van der Waals surface area contributed by atoms with Gasteiger partial charge in [0.25, 0.3) is 0 Å². The van der Waals surface area contributed by atoms with E-state index in [1.165, 1.54) is 6.08 Å². The van der Waals surface area contributed by atoms with Crippen molar-refractivity contribution in [3.63, 3.8) is 0 Å². The Morgan fingerprint density at radius 1 is 1.29 bits per heavy atom. The van der Waals surface area contributed by atoms with E-state index >= 15 is 0 Å². The maximum atomic E-state index is 11.7. The molecule has 0 aromatic heterocycles. The number of carbonyl (C=O) groups is 2. The SMILES string of the molecule is CCCNC(=O)CNC(=O)/C=C/c1cc(C)ccc1OC. The number of ether oxygens (including phenoxy) is 1. The lowest BCUT2D eigenvalue weighted by atomic mass is 10.1. The summed E-state index contributed by atoms with van der Waals surface area (Å²) in [7, 11) is 1.58. The summed E-state index contributed by atoms with van der Waals surface area (Å²) < 4.78 is 5.23. The lowest BCUT2D eigenvalue weighted by Crippen LogP contribution is -2.36. The fourth-order valence-corrected chi connectivity index (χ4v) is 1.70. The molecule has 21 heavy (non-hydrogen) atoms.